The number of carbonyl (C=O) groups excluding carboxylic acids is 3. The molecule has 0 saturated heterocycles. The predicted octanol–water partition coefficient (Wildman–Crippen LogP) is 5.17. The third-order valence-corrected chi connectivity index (χ3v) is 6.26. The number of aromatic nitrogens is 1. The number of fused-ring (bicyclic) bond motifs is 1. The van der Waals surface area contributed by atoms with E-state index in [1.807, 2.05) is 24.3 Å². The van der Waals surface area contributed by atoms with E-state index in [-0.39, 0.29) is 24.7 Å². The molecule has 0 aliphatic heterocycles. The zero-order valence-electron chi connectivity index (χ0n) is 22.7. The van der Waals surface area contributed by atoms with Gasteiger partial charge in [0.2, 0.25) is 11.8 Å². The quantitative estimate of drug-likeness (QED) is 0.257. The topological polar surface area (TPSA) is 127 Å². The average molecular weight is 538 g/mol. The summed E-state index contributed by atoms with van der Waals surface area (Å²) in [6.45, 7) is 5.77. The standard InChI is InChI=1S/C31H31N5O4/c1-4-33-28(37)18-36(31(39)27-16-22-6-5-7-23(17-32)30(22)35-27)19-29(38)34-24-10-14-26(15-11-24)40-25-12-8-21(9-13-25)20(2)3/h5-16,20,35H,4,18-19H2,1-3H3,(H,33,37)(H,34,38). The number of para-hydroxylation sites is 1. The number of amides is 3. The van der Waals surface area contributed by atoms with E-state index in [2.05, 4.69) is 35.5 Å². The van der Waals surface area contributed by atoms with E-state index in [0.29, 0.717) is 46.1 Å². The van der Waals surface area contributed by atoms with Crippen molar-refractivity contribution in [3.63, 3.8) is 0 Å². The Balaban J connectivity index is 1.44. The van der Waals surface area contributed by atoms with Crippen LogP contribution in [-0.2, 0) is 9.59 Å². The summed E-state index contributed by atoms with van der Waals surface area (Å²) in [6.07, 6.45) is 0. The minimum absolute atomic E-state index is 0.178. The van der Waals surface area contributed by atoms with Gasteiger partial charge in [0.15, 0.2) is 0 Å². The molecule has 0 saturated carbocycles. The summed E-state index contributed by atoms with van der Waals surface area (Å²) in [5.41, 5.74) is 2.83. The van der Waals surface area contributed by atoms with Crippen molar-refractivity contribution in [3.05, 3.63) is 89.6 Å². The second kappa shape index (κ2) is 12.6. The number of nitrogens with one attached hydrogen (secondary N) is 3. The number of benzene rings is 3. The fourth-order valence-electron chi connectivity index (χ4n) is 4.20. The Bertz CT molecular complexity index is 1550. The fourth-order valence-corrected chi connectivity index (χ4v) is 4.20. The molecule has 1 heterocycles. The van der Waals surface area contributed by atoms with Gasteiger partial charge >= 0.3 is 0 Å². The fraction of sp³-hybridized carbons (Fsp3) is 0.226. The van der Waals surface area contributed by atoms with Gasteiger partial charge in [-0.05, 0) is 66.9 Å². The van der Waals surface area contributed by atoms with E-state index in [4.69, 9.17) is 4.74 Å². The summed E-state index contributed by atoms with van der Waals surface area (Å²) in [6, 6.07) is 23.6. The zero-order valence-corrected chi connectivity index (χ0v) is 22.7. The summed E-state index contributed by atoms with van der Waals surface area (Å²) in [5.74, 6) is 0.361. The highest BCUT2D eigenvalue weighted by Gasteiger charge is 2.23. The van der Waals surface area contributed by atoms with Gasteiger partial charge in [0.05, 0.1) is 11.1 Å². The van der Waals surface area contributed by atoms with Gasteiger partial charge in [-0.15, -0.1) is 0 Å². The molecule has 40 heavy (non-hydrogen) atoms. The van der Waals surface area contributed by atoms with Crippen LogP contribution >= 0.6 is 0 Å². The lowest BCUT2D eigenvalue weighted by molar-refractivity contribution is -0.122. The second-order valence-corrected chi connectivity index (χ2v) is 9.58. The lowest BCUT2D eigenvalue weighted by Crippen LogP contribution is -2.44. The number of carbonyl (C=O) groups is 3. The van der Waals surface area contributed by atoms with Crippen LogP contribution in [0.1, 0.15) is 48.3 Å². The van der Waals surface area contributed by atoms with Crippen LogP contribution in [0.25, 0.3) is 10.9 Å². The van der Waals surface area contributed by atoms with Crippen molar-refractivity contribution < 1.29 is 19.1 Å². The van der Waals surface area contributed by atoms with Gasteiger partial charge in [-0.25, -0.2) is 0 Å². The highest BCUT2D eigenvalue weighted by atomic mass is 16.5. The number of likely N-dealkylation sites (N-methyl/N-ethyl adjacent to an activating group) is 1. The van der Waals surface area contributed by atoms with E-state index in [9.17, 15) is 19.6 Å². The van der Waals surface area contributed by atoms with Crippen molar-refractivity contribution in [3.8, 4) is 17.6 Å². The molecule has 9 heteroatoms. The monoisotopic (exact) mass is 537 g/mol. The van der Waals surface area contributed by atoms with Crippen LogP contribution in [0, 0.1) is 11.3 Å². The van der Waals surface area contributed by atoms with Crippen LogP contribution in [0.5, 0.6) is 11.5 Å². The number of rotatable bonds is 10. The van der Waals surface area contributed by atoms with Gasteiger partial charge in [0.1, 0.15) is 36.4 Å². The Morgan fingerprint density at radius 3 is 2.23 bits per heavy atom. The first-order valence-electron chi connectivity index (χ1n) is 13.0. The molecule has 0 radical (unpaired) electrons. The smallest absolute Gasteiger partial charge is 0.271 e. The minimum atomic E-state index is -0.534. The van der Waals surface area contributed by atoms with Crippen molar-refractivity contribution in [1.29, 1.82) is 5.26 Å². The van der Waals surface area contributed by atoms with Crippen LogP contribution < -0.4 is 15.4 Å². The molecule has 0 atom stereocenters. The van der Waals surface area contributed by atoms with E-state index < -0.39 is 11.8 Å². The highest BCUT2D eigenvalue weighted by molar-refractivity contribution is 6.03. The van der Waals surface area contributed by atoms with E-state index >= 15 is 0 Å². The summed E-state index contributed by atoms with van der Waals surface area (Å²) < 4.78 is 5.89. The molecule has 3 aromatic carbocycles. The van der Waals surface area contributed by atoms with E-state index in [1.165, 1.54) is 5.56 Å². The van der Waals surface area contributed by atoms with Crippen LogP contribution in [0.2, 0.25) is 0 Å². The van der Waals surface area contributed by atoms with Crippen LogP contribution in [0.4, 0.5) is 5.69 Å². The number of aromatic amines is 1. The average Bonchev–Trinajstić information content (AvgIpc) is 3.38. The number of hydrogen-bond acceptors (Lipinski definition) is 5. The summed E-state index contributed by atoms with van der Waals surface area (Å²) in [4.78, 5) is 42.7. The Labute approximate surface area is 232 Å². The molecular formula is C31H31N5O4. The van der Waals surface area contributed by atoms with E-state index in [1.54, 1.807) is 55.5 Å². The highest BCUT2D eigenvalue weighted by Crippen LogP contribution is 2.25. The molecule has 0 fully saturated rings. The third-order valence-electron chi connectivity index (χ3n) is 6.26. The summed E-state index contributed by atoms with van der Waals surface area (Å²) >= 11 is 0. The first-order chi connectivity index (χ1) is 19.3. The van der Waals surface area contributed by atoms with Crippen LogP contribution in [0.15, 0.2) is 72.8 Å². The number of anilines is 1. The van der Waals surface area contributed by atoms with Crippen molar-refractivity contribution in [1.82, 2.24) is 15.2 Å². The van der Waals surface area contributed by atoms with Crippen molar-refractivity contribution in [2.24, 2.45) is 0 Å². The van der Waals surface area contributed by atoms with Crippen molar-refractivity contribution >= 4 is 34.3 Å². The molecule has 204 valence electrons. The van der Waals surface area contributed by atoms with Gasteiger partial charge in [-0.2, -0.15) is 5.26 Å². The number of ether oxygens (including phenoxy) is 1. The molecule has 0 aliphatic rings. The van der Waals surface area contributed by atoms with Crippen molar-refractivity contribution in [2.45, 2.75) is 26.7 Å². The molecule has 4 rings (SSSR count). The molecule has 0 spiro atoms. The lowest BCUT2D eigenvalue weighted by Gasteiger charge is -2.21. The maximum absolute atomic E-state index is 13.4. The normalized spacial score (nSPS) is 10.7. The lowest BCUT2D eigenvalue weighted by atomic mass is 10.0. The summed E-state index contributed by atoms with van der Waals surface area (Å²) in [5, 5.41) is 15.5. The van der Waals surface area contributed by atoms with Gasteiger partial charge in [-0.3, -0.25) is 14.4 Å². The maximum Gasteiger partial charge on any atom is 0.271 e. The molecule has 4 aromatic rings. The molecular weight excluding hydrogens is 506 g/mol. The Kier molecular flexibility index (Phi) is 8.82. The van der Waals surface area contributed by atoms with Gasteiger partial charge < -0.3 is 25.3 Å². The second-order valence-electron chi connectivity index (χ2n) is 9.58. The third kappa shape index (κ3) is 6.85. The molecule has 3 amide bonds. The van der Waals surface area contributed by atoms with Gasteiger partial charge in [-0.1, -0.05) is 38.1 Å². The van der Waals surface area contributed by atoms with Gasteiger partial charge in [0.25, 0.3) is 5.91 Å². The molecule has 1 aromatic heterocycles. The Morgan fingerprint density at radius 1 is 0.950 bits per heavy atom. The molecule has 0 aliphatic carbocycles. The molecule has 0 unspecified atom stereocenters. The van der Waals surface area contributed by atoms with Crippen LogP contribution in [0.3, 0.4) is 0 Å². The minimum Gasteiger partial charge on any atom is -0.457 e. The van der Waals surface area contributed by atoms with Crippen LogP contribution in [-0.4, -0.2) is 47.2 Å². The maximum atomic E-state index is 13.4. The Morgan fingerprint density at radius 2 is 1.60 bits per heavy atom. The summed E-state index contributed by atoms with van der Waals surface area (Å²) in [7, 11) is 0. The zero-order chi connectivity index (χ0) is 28.6. The number of hydrogen-bond donors (Lipinski definition) is 3. The number of H-pyrrole nitrogens is 1. The molecule has 9 nitrogen and oxygen atoms in total. The Hall–Kier alpha value is -5.10. The van der Waals surface area contributed by atoms with Crippen molar-refractivity contribution in [2.75, 3.05) is 25.0 Å². The largest absolute Gasteiger partial charge is 0.457 e. The van der Waals surface area contributed by atoms with Gasteiger partial charge in [0, 0.05) is 17.6 Å². The number of nitrogens with zero attached hydrogens (tertiary/aromatic N) is 2. The van der Waals surface area contributed by atoms with E-state index in [0.717, 1.165) is 4.90 Å². The molecule has 3 N–H and O–H groups in total. The first-order valence-corrected chi connectivity index (χ1v) is 13.0. The predicted molar refractivity (Wildman–Crippen MR) is 153 cm³/mol. The molecule has 0 bridgehead atoms. The number of nitriles is 1. The SMILES string of the molecule is CCNC(=O)CN(CC(=O)Nc1ccc(Oc2ccc(C(C)C)cc2)cc1)C(=O)c1cc2cccc(C#N)c2[nH]1. The first kappa shape index (κ1) is 27.9.